The molecule has 3 aromatic carbocycles. The number of allylic oxidation sites excluding steroid dienone is 1. The Kier molecular flexibility index (Phi) is 6.42. The maximum absolute atomic E-state index is 12.2. The number of carbonyl (C=O) groups excluding carboxylic acids is 1. The predicted octanol–water partition coefficient (Wildman–Crippen LogP) is 6.66. The molecule has 5 heteroatoms. The number of nitrogens with zero attached hydrogens (tertiary/aromatic N) is 1. The Balaban J connectivity index is 1.58. The summed E-state index contributed by atoms with van der Waals surface area (Å²) < 4.78 is 0. The zero-order valence-corrected chi connectivity index (χ0v) is 15.8. The molecule has 0 aliphatic carbocycles. The van der Waals surface area contributed by atoms with Gasteiger partial charge < -0.3 is 5.32 Å². The molecule has 0 unspecified atom stereocenters. The Labute approximate surface area is 168 Å². The molecule has 0 heterocycles. The molecule has 27 heavy (non-hydrogen) atoms. The highest BCUT2D eigenvalue weighted by molar-refractivity contribution is 6.31. The molecule has 0 atom stereocenters. The SMILES string of the molecule is O=C(Nc1ccc(N=C/C=C/c2ccc(Cl)cc2)cc1)c1cccc(Cl)c1. The Morgan fingerprint density at radius 1 is 0.889 bits per heavy atom. The maximum Gasteiger partial charge on any atom is 0.255 e. The average Bonchev–Trinajstić information content (AvgIpc) is 2.68. The van der Waals surface area contributed by atoms with Crippen molar-refractivity contribution in [3.05, 3.63) is 100 Å². The Bertz CT molecular complexity index is 978. The molecule has 0 fully saturated rings. The van der Waals surface area contributed by atoms with Gasteiger partial charge >= 0.3 is 0 Å². The van der Waals surface area contributed by atoms with E-state index in [-0.39, 0.29) is 5.91 Å². The second-order valence-corrected chi connectivity index (χ2v) is 6.57. The highest BCUT2D eigenvalue weighted by Gasteiger charge is 2.06. The zero-order chi connectivity index (χ0) is 19.1. The lowest BCUT2D eigenvalue weighted by atomic mass is 10.2. The van der Waals surface area contributed by atoms with Crippen LogP contribution in [0.4, 0.5) is 11.4 Å². The summed E-state index contributed by atoms with van der Waals surface area (Å²) in [5, 5.41) is 4.07. The highest BCUT2D eigenvalue weighted by atomic mass is 35.5. The molecule has 0 aliphatic rings. The topological polar surface area (TPSA) is 41.5 Å². The molecular weight excluding hydrogens is 379 g/mol. The fourth-order valence-electron chi connectivity index (χ4n) is 2.32. The summed E-state index contributed by atoms with van der Waals surface area (Å²) in [5.41, 5.74) is 3.04. The third-order valence-electron chi connectivity index (χ3n) is 3.68. The molecular formula is C22H16Cl2N2O. The molecule has 0 aromatic heterocycles. The second kappa shape index (κ2) is 9.17. The van der Waals surface area contributed by atoms with E-state index < -0.39 is 0 Å². The number of hydrogen-bond donors (Lipinski definition) is 1. The molecule has 0 radical (unpaired) electrons. The van der Waals surface area contributed by atoms with Crippen molar-refractivity contribution < 1.29 is 4.79 Å². The third kappa shape index (κ3) is 5.81. The fraction of sp³-hybridized carbons (Fsp3) is 0. The van der Waals surface area contributed by atoms with Crippen molar-refractivity contribution >= 4 is 52.8 Å². The van der Waals surface area contributed by atoms with Crippen molar-refractivity contribution in [2.45, 2.75) is 0 Å². The lowest BCUT2D eigenvalue weighted by Gasteiger charge is -2.05. The normalized spacial score (nSPS) is 11.2. The van der Waals surface area contributed by atoms with Crippen molar-refractivity contribution in [1.29, 1.82) is 0 Å². The van der Waals surface area contributed by atoms with Crippen molar-refractivity contribution in [2.75, 3.05) is 5.32 Å². The van der Waals surface area contributed by atoms with Crippen molar-refractivity contribution in [3.8, 4) is 0 Å². The number of anilines is 1. The van der Waals surface area contributed by atoms with E-state index in [1.165, 1.54) is 0 Å². The van der Waals surface area contributed by atoms with E-state index in [2.05, 4.69) is 10.3 Å². The second-order valence-electron chi connectivity index (χ2n) is 5.70. The molecule has 0 spiro atoms. The minimum atomic E-state index is -0.209. The van der Waals surface area contributed by atoms with Crippen LogP contribution in [0, 0.1) is 0 Å². The van der Waals surface area contributed by atoms with Crippen LogP contribution >= 0.6 is 23.2 Å². The Hall–Kier alpha value is -2.88. The number of carbonyl (C=O) groups is 1. The van der Waals surface area contributed by atoms with Gasteiger partial charge in [-0.05, 0) is 66.2 Å². The van der Waals surface area contributed by atoms with E-state index in [0.29, 0.717) is 21.3 Å². The minimum absolute atomic E-state index is 0.209. The summed E-state index contributed by atoms with van der Waals surface area (Å²) in [5.74, 6) is -0.209. The molecule has 0 saturated heterocycles. The summed E-state index contributed by atoms with van der Waals surface area (Å²) in [6.07, 6.45) is 5.52. The van der Waals surface area contributed by atoms with Gasteiger partial charge in [0.15, 0.2) is 0 Å². The van der Waals surface area contributed by atoms with Gasteiger partial charge in [-0.1, -0.05) is 47.5 Å². The van der Waals surface area contributed by atoms with Gasteiger partial charge in [0.05, 0.1) is 5.69 Å². The fourth-order valence-corrected chi connectivity index (χ4v) is 2.64. The van der Waals surface area contributed by atoms with E-state index in [4.69, 9.17) is 23.2 Å². The zero-order valence-electron chi connectivity index (χ0n) is 14.3. The van der Waals surface area contributed by atoms with Crippen LogP contribution in [0.3, 0.4) is 0 Å². The quantitative estimate of drug-likeness (QED) is 0.482. The third-order valence-corrected chi connectivity index (χ3v) is 4.17. The number of benzene rings is 3. The minimum Gasteiger partial charge on any atom is -0.322 e. The first kappa shape index (κ1) is 18.9. The van der Waals surface area contributed by atoms with Gasteiger partial charge in [-0.3, -0.25) is 9.79 Å². The van der Waals surface area contributed by atoms with E-state index >= 15 is 0 Å². The highest BCUT2D eigenvalue weighted by Crippen LogP contribution is 2.18. The van der Waals surface area contributed by atoms with Crippen LogP contribution in [-0.2, 0) is 0 Å². The van der Waals surface area contributed by atoms with Gasteiger partial charge in [0.25, 0.3) is 5.91 Å². The van der Waals surface area contributed by atoms with Crippen LogP contribution in [0.1, 0.15) is 15.9 Å². The van der Waals surface area contributed by atoms with Crippen LogP contribution < -0.4 is 5.32 Å². The number of amides is 1. The van der Waals surface area contributed by atoms with Gasteiger partial charge in [-0.25, -0.2) is 0 Å². The lowest BCUT2D eigenvalue weighted by Crippen LogP contribution is -2.11. The molecule has 1 amide bonds. The summed E-state index contributed by atoms with van der Waals surface area (Å²) in [6.45, 7) is 0. The number of halogens is 2. The first-order valence-corrected chi connectivity index (χ1v) is 8.99. The van der Waals surface area contributed by atoms with Crippen LogP contribution in [0.5, 0.6) is 0 Å². The van der Waals surface area contributed by atoms with Crippen LogP contribution in [0.2, 0.25) is 10.0 Å². The predicted molar refractivity (Wildman–Crippen MR) is 114 cm³/mol. The molecule has 0 bridgehead atoms. The molecule has 134 valence electrons. The number of hydrogen-bond acceptors (Lipinski definition) is 2. The molecule has 3 aromatic rings. The molecule has 1 N–H and O–H groups in total. The monoisotopic (exact) mass is 394 g/mol. The van der Waals surface area contributed by atoms with Gasteiger partial charge in [0.2, 0.25) is 0 Å². The van der Waals surface area contributed by atoms with Crippen LogP contribution in [0.25, 0.3) is 6.08 Å². The number of rotatable bonds is 5. The molecule has 3 rings (SSSR count). The maximum atomic E-state index is 12.2. The van der Waals surface area contributed by atoms with E-state index in [1.807, 2.05) is 48.6 Å². The number of aliphatic imine (C=N–C) groups is 1. The van der Waals surface area contributed by atoms with Gasteiger partial charge in [-0.2, -0.15) is 0 Å². The molecule has 0 saturated carbocycles. The standard InChI is InChI=1S/C22H16Cl2N2O/c23-18-8-6-16(7-9-18)3-2-14-25-20-10-12-21(13-11-20)26-22(27)17-4-1-5-19(24)15-17/h1-15H,(H,26,27)/b3-2+,25-14?. The van der Waals surface area contributed by atoms with Crippen molar-refractivity contribution in [3.63, 3.8) is 0 Å². The first-order valence-electron chi connectivity index (χ1n) is 8.23. The first-order chi connectivity index (χ1) is 13.1. The average molecular weight is 395 g/mol. The van der Waals surface area contributed by atoms with E-state index in [9.17, 15) is 4.79 Å². The summed E-state index contributed by atoms with van der Waals surface area (Å²) in [7, 11) is 0. The van der Waals surface area contributed by atoms with Crippen molar-refractivity contribution in [2.24, 2.45) is 4.99 Å². The number of nitrogens with one attached hydrogen (secondary N) is 1. The van der Waals surface area contributed by atoms with Gasteiger partial charge in [0, 0.05) is 27.5 Å². The lowest BCUT2D eigenvalue weighted by molar-refractivity contribution is 0.102. The van der Waals surface area contributed by atoms with Crippen molar-refractivity contribution in [1.82, 2.24) is 0 Å². The van der Waals surface area contributed by atoms with Gasteiger partial charge in [0.1, 0.15) is 0 Å². The summed E-state index contributed by atoms with van der Waals surface area (Å²) in [6, 6.07) is 21.6. The van der Waals surface area contributed by atoms with E-state index in [1.54, 1.807) is 42.6 Å². The molecule has 3 nitrogen and oxygen atoms in total. The Morgan fingerprint density at radius 2 is 1.63 bits per heavy atom. The van der Waals surface area contributed by atoms with Crippen LogP contribution in [-0.4, -0.2) is 12.1 Å². The van der Waals surface area contributed by atoms with Crippen LogP contribution in [0.15, 0.2) is 83.9 Å². The summed E-state index contributed by atoms with van der Waals surface area (Å²) in [4.78, 5) is 16.6. The van der Waals surface area contributed by atoms with Gasteiger partial charge in [-0.15, -0.1) is 0 Å². The molecule has 0 aliphatic heterocycles. The smallest absolute Gasteiger partial charge is 0.255 e. The van der Waals surface area contributed by atoms with E-state index in [0.717, 1.165) is 11.3 Å². The largest absolute Gasteiger partial charge is 0.322 e. The Morgan fingerprint density at radius 3 is 2.33 bits per heavy atom. The summed E-state index contributed by atoms with van der Waals surface area (Å²) >= 11 is 11.8.